The maximum Gasteiger partial charge on any atom is 0.317 e. The number of aromatic nitrogens is 2. The molecule has 0 fully saturated rings. The Morgan fingerprint density at radius 1 is 0.833 bits per heavy atom. The summed E-state index contributed by atoms with van der Waals surface area (Å²) < 4.78 is 27.0. The Kier molecular flexibility index (Phi) is 2.70. The average Bonchev–Trinajstić information content (AvgIpc) is 3.26. The molecule has 0 atom stereocenters. The molecule has 0 saturated carbocycles. The molecule has 24 heavy (non-hydrogen) atoms. The molecule has 7 nitrogen and oxygen atoms in total. The lowest BCUT2D eigenvalue weighted by Crippen LogP contribution is -1.96. The zero-order valence-electron chi connectivity index (χ0n) is 12.7. The first-order valence-corrected chi connectivity index (χ1v) is 7.37. The van der Waals surface area contributed by atoms with Crippen molar-refractivity contribution in [2.45, 2.75) is 0 Å². The Balaban J connectivity index is 1.77. The van der Waals surface area contributed by atoms with Crippen molar-refractivity contribution in [3.63, 3.8) is 0 Å². The molecule has 0 N–H and O–H groups in total. The monoisotopic (exact) mass is 324 g/mol. The largest absolute Gasteiger partial charge is 0.467 e. The second-order valence-electron chi connectivity index (χ2n) is 5.35. The maximum absolute atomic E-state index is 5.47. The molecule has 0 amide bonds. The second kappa shape index (κ2) is 4.89. The third-order valence-corrected chi connectivity index (χ3v) is 4.00. The summed E-state index contributed by atoms with van der Waals surface area (Å²) in [5.74, 6) is 2.76. The van der Waals surface area contributed by atoms with Crippen LogP contribution in [0.4, 0.5) is 0 Å². The predicted molar refractivity (Wildman–Crippen MR) is 83.8 cm³/mol. The first-order valence-electron chi connectivity index (χ1n) is 7.37. The van der Waals surface area contributed by atoms with Gasteiger partial charge in [-0.1, -0.05) is 0 Å². The number of fused-ring (bicyclic) bond motifs is 3. The molecule has 1 aromatic heterocycles. The summed E-state index contributed by atoms with van der Waals surface area (Å²) in [5, 5.41) is 0.846. The number of methoxy groups -OCH3 is 1. The van der Waals surface area contributed by atoms with Crippen LogP contribution in [0.1, 0.15) is 0 Å². The second-order valence-corrected chi connectivity index (χ2v) is 5.35. The molecule has 0 spiro atoms. The lowest BCUT2D eigenvalue weighted by atomic mass is 10.1. The zero-order chi connectivity index (χ0) is 16.1. The summed E-state index contributed by atoms with van der Waals surface area (Å²) in [6.45, 7) is 0.431. The van der Waals surface area contributed by atoms with E-state index in [1.165, 1.54) is 7.11 Å². The van der Waals surface area contributed by atoms with Crippen molar-refractivity contribution in [1.29, 1.82) is 0 Å². The van der Waals surface area contributed by atoms with Crippen LogP contribution in [0.5, 0.6) is 29.0 Å². The van der Waals surface area contributed by atoms with Gasteiger partial charge in [0.2, 0.25) is 13.6 Å². The Morgan fingerprint density at radius 2 is 1.54 bits per heavy atom. The van der Waals surface area contributed by atoms with Crippen molar-refractivity contribution in [3.8, 4) is 40.3 Å². The molecule has 3 aromatic rings. The Hall–Kier alpha value is -3.22. The van der Waals surface area contributed by atoms with Crippen LogP contribution >= 0.6 is 0 Å². The van der Waals surface area contributed by atoms with Gasteiger partial charge in [0.15, 0.2) is 23.0 Å². The highest BCUT2D eigenvalue weighted by atomic mass is 16.7. The molecule has 2 aliphatic heterocycles. The minimum absolute atomic E-state index is 0.204. The third-order valence-electron chi connectivity index (χ3n) is 4.00. The molecular formula is C17H12N2O5. The van der Waals surface area contributed by atoms with Crippen LogP contribution in [-0.2, 0) is 0 Å². The van der Waals surface area contributed by atoms with Crippen molar-refractivity contribution in [3.05, 3.63) is 30.3 Å². The van der Waals surface area contributed by atoms with Gasteiger partial charge in [-0.15, -0.1) is 0 Å². The summed E-state index contributed by atoms with van der Waals surface area (Å²) in [6.07, 6.45) is 0. The normalized spacial score (nSPS) is 14.2. The highest BCUT2D eigenvalue weighted by molar-refractivity contribution is 5.95. The fourth-order valence-corrected chi connectivity index (χ4v) is 2.85. The number of hydrogen-bond donors (Lipinski definition) is 0. The minimum atomic E-state index is 0.204. The molecule has 0 aliphatic carbocycles. The molecule has 7 heteroatoms. The lowest BCUT2D eigenvalue weighted by molar-refractivity contribution is 0.173. The van der Waals surface area contributed by atoms with Gasteiger partial charge in [-0.05, 0) is 24.3 Å². The van der Waals surface area contributed by atoms with Gasteiger partial charge in [0.1, 0.15) is 0 Å². The third kappa shape index (κ3) is 1.91. The summed E-state index contributed by atoms with van der Waals surface area (Å²) in [4.78, 5) is 8.92. The van der Waals surface area contributed by atoms with Gasteiger partial charge in [-0.3, -0.25) is 0 Å². The van der Waals surface area contributed by atoms with Crippen molar-refractivity contribution >= 4 is 10.9 Å². The van der Waals surface area contributed by atoms with Crippen LogP contribution in [0, 0.1) is 0 Å². The summed E-state index contributed by atoms with van der Waals surface area (Å²) in [6, 6.07) is 9.70. The topological polar surface area (TPSA) is 71.9 Å². The molecule has 0 unspecified atom stereocenters. The predicted octanol–water partition coefficient (Wildman–Crippen LogP) is 2.76. The van der Waals surface area contributed by atoms with E-state index in [0.29, 0.717) is 17.2 Å². The maximum atomic E-state index is 5.47. The first kappa shape index (κ1) is 13.2. The fraction of sp³-hybridized carbons (Fsp3) is 0.176. The highest BCUT2D eigenvalue weighted by Gasteiger charge is 2.20. The first-order chi connectivity index (χ1) is 11.8. The van der Waals surface area contributed by atoms with Gasteiger partial charge in [-0.2, -0.15) is 9.97 Å². The zero-order valence-corrected chi connectivity index (χ0v) is 12.7. The van der Waals surface area contributed by atoms with Gasteiger partial charge in [0.05, 0.1) is 18.3 Å². The van der Waals surface area contributed by atoms with Gasteiger partial charge in [0, 0.05) is 17.0 Å². The Morgan fingerprint density at radius 3 is 2.33 bits per heavy atom. The van der Waals surface area contributed by atoms with Crippen LogP contribution in [0.15, 0.2) is 30.3 Å². The van der Waals surface area contributed by atoms with Crippen molar-refractivity contribution in [1.82, 2.24) is 9.97 Å². The van der Waals surface area contributed by atoms with Gasteiger partial charge < -0.3 is 23.7 Å². The molecule has 0 bridgehead atoms. The van der Waals surface area contributed by atoms with Crippen LogP contribution in [-0.4, -0.2) is 30.7 Å². The number of nitrogens with zero attached hydrogens (tertiary/aromatic N) is 2. The van der Waals surface area contributed by atoms with E-state index >= 15 is 0 Å². The molecule has 2 aliphatic rings. The minimum Gasteiger partial charge on any atom is -0.467 e. The number of benzene rings is 2. The van der Waals surface area contributed by atoms with Gasteiger partial charge in [-0.25, -0.2) is 0 Å². The Labute approximate surface area is 136 Å². The van der Waals surface area contributed by atoms with E-state index in [4.69, 9.17) is 23.7 Å². The summed E-state index contributed by atoms with van der Waals surface area (Å²) in [5.41, 5.74) is 2.33. The fourth-order valence-electron chi connectivity index (χ4n) is 2.85. The van der Waals surface area contributed by atoms with Crippen molar-refractivity contribution < 1.29 is 23.7 Å². The molecule has 5 rings (SSSR count). The Bertz CT molecular complexity index is 973. The smallest absolute Gasteiger partial charge is 0.317 e. The van der Waals surface area contributed by atoms with Gasteiger partial charge >= 0.3 is 6.01 Å². The highest BCUT2D eigenvalue weighted by Crippen LogP contribution is 2.41. The van der Waals surface area contributed by atoms with Crippen molar-refractivity contribution in [2.75, 3.05) is 20.7 Å². The van der Waals surface area contributed by atoms with E-state index < -0.39 is 0 Å². The SMILES string of the molecule is COc1nc(-c2ccc3c(c2)OCO3)c2cc3c(cc2n1)OCO3. The average molecular weight is 324 g/mol. The number of hydrogen-bond acceptors (Lipinski definition) is 7. The molecule has 0 saturated heterocycles. The number of rotatable bonds is 2. The molecule has 0 radical (unpaired) electrons. The van der Waals surface area contributed by atoms with Crippen LogP contribution in [0.25, 0.3) is 22.2 Å². The van der Waals surface area contributed by atoms with E-state index in [9.17, 15) is 0 Å². The van der Waals surface area contributed by atoms with Crippen LogP contribution in [0.3, 0.4) is 0 Å². The number of ether oxygens (including phenoxy) is 5. The van der Waals surface area contributed by atoms with Crippen LogP contribution in [0.2, 0.25) is 0 Å². The molecular weight excluding hydrogens is 312 g/mol. The molecule has 2 aromatic carbocycles. The van der Waals surface area contributed by atoms with E-state index in [2.05, 4.69) is 9.97 Å². The lowest BCUT2D eigenvalue weighted by Gasteiger charge is -2.09. The van der Waals surface area contributed by atoms with E-state index in [1.54, 1.807) is 0 Å². The van der Waals surface area contributed by atoms with E-state index in [-0.39, 0.29) is 19.6 Å². The van der Waals surface area contributed by atoms with Crippen molar-refractivity contribution in [2.24, 2.45) is 0 Å². The van der Waals surface area contributed by atoms with Gasteiger partial charge in [0.25, 0.3) is 0 Å². The molecule has 120 valence electrons. The summed E-state index contributed by atoms with van der Waals surface area (Å²) >= 11 is 0. The quantitative estimate of drug-likeness (QED) is 0.717. The van der Waals surface area contributed by atoms with E-state index in [1.807, 2.05) is 30.3 Å². The van der Waals surface area contributed by atoms with E-state index in [0.717, 1.165) is 27.9 Å². The molecule has 3 heterocycles. The summed E-state index contributed by atoms with van der Waals surface area (Å²) in [7, 11) is 1.54. The standard InChI is InChI=1S/C17H12N2O5/c1-20-17-18-11-6-15-14(23-8-24-15)5-10(11)16(19-17)9-2-3-12-13(4-9)22-7-21-12/h2-6H,7-8H2,1H3. The van der Waals surface area contributed by atoms with Crippen LogP contribution < -0.4 is 23.7 Å².